The van der Waals surface area contributed by atoms with Gasteiger partial charge in [0.15, 0.2) is 12.4 Å². The summed E-state index contributed by atoms with van der Waals surface area (Å²) in [5.74, 6) is -0.802. The number of ether oxygens (including phenoxy) is 1. The molecule has 0 unspecified atom stereocenters. The number of aromatic nitrogens is 1. The zero-order chi connectivity index (χ0) is 24.7. The van der Waals surface area contributed by atoms with Crippen LogP contribution in [0.25, 0.3) is 0 Å². The number of pyridine rings is 1. The molecule has 1 aliphatic rings. The number of carbonyl (C=O) groups is 3. The molecule has 0 atom stereocenters. The maximum atomic E-state index is 15.0. The number of carbonyl (C=O) groups excluding carboxylic acids is 3. The number of piperazine rings is 1. The Balaban J connectivity index is 1.50. The monoisotopic (exact) mass is 472 g/mol. The zero-order valence-electron chi connectivity index (χ0n) is 19.5. The summed E-state index contributed by atoms with van der Waals surface area (Å²) in [6.07, 6.45) is 0.985. The van der Waals surface area contributed by atoms with Crippen molar-refractivity contribution in [1.82, 2.24) is 19.7 Å². The van der Waals surface area contributed by atoms with Gasteiger partial charge < -0.3 is 25.2 Å². The molecule has 2 heterocycles. The van der Waals surface area contributed by atoms with Crippen molar-refractivity contribution in [3.63, 3.8) is 0 Å². The van der Waals surface area contributed by atoms with E-state index in [-0.39, 0.29) is 18.2 Å². The van der Waals surface area contributed by atoms with Crippen LogP contribution in [-0.2, 0) is 16.1 Å². The highest BCUT2D eigenvalue weighted by atomic mass is 19.1. The molecule has 4 amide bonds. The number of hydrogen-bond acceptors (Lipinski definition) is 6. The van der Waals surface area contributed by atoms with Crippen molar-refractivity contribution < 1.29 is 23.5 Å². The van der Waals surface area contributed by atoms with Crippen molar-refractivity contribution in [2.45, 2.75) is 13.5 Å². The summed E-state index contributed by atoms with van der Waals surface area (Å²) in [5.41, 5.74) is 1.83. The summed E-state index contributed by atoms with van der Waals surface area (Å²) in [4.78, 5) is 45.0. The molecule has 2 aromatic rings. The van der Waals surface area contributed by atoms with Gasteiger partial charge in [0, 0.05) is 58.1 Å². The SMILES string of the molecule is Cc1ccc(NC(=O)Nc2cccc(CN3CCN(C(=O)OCC(=O)N(C)C)CC3)c2F)cn1. The van der Waals surface area contributed by atoms with E-state index in [1.165, 1.54) is 22.1 Å². The maximum Gasteiger partial charge on any atom is 0.410 e. The molecule has 2 N–H and O–H groups in total. The standard InChI is InChI=1S/C23H29FN6O4/c1-16-7-8-18(13-25-16)26-22(32)27-19-6-4-5-17(21(19)24)14-29-9-11-30(12-10-29)23(33)34-15-20(31)28(2)3/h4-8,13H,9-12,14-15H2,1-3H3,(H2,26,27,32). The van der Waals surface area contributed by atoms with Crippen molar-refractivity contribution in [3.05, 3.63) is 53.6 Å². The average molecular weight is 473 g/mol. The topological polar surface area (TPSA) is 107 Å². The van der Waals surface area contributed by atoms with Crippen LogP contribution >= 0.6 is 0 Å². The van der Waals surface area contributed by atoms with E-state index in [0.717, 1.165) is 5.69 Å². The number of rotatable bonds is 6. The van der Waals surface area contributed by atoms with Crippen molar-refractivity contribution in [2.24, 2.45) is 0 Å². The molecule has 1 aromatic carbocycles. The Bertz CT molecular complexity index is 1020. The molecule has 1 saturated heterocycles. The number of nitrogens with one attached hydrogen (secondary N) is 2. The van der Waals surface area contributed by atoms with E-state index in [0.29, 0.717) is 44.0 Å². The summed E-state index contributed by atoms with van der Waals surface area (Å²) < 4.78 is 20.1. The number of likely N-dealkylation sites (N-methyl/N-ethyl adjacent to an activating group) is 1. The predicted octanol–water partition coefficient (Wildman–Crippen LogP) is 2.52. The van der Waals surface area contributed by atoms with E-state index in [4.69, 9.17) is 4.74 Å². The van der Waals surface area contributed by atoms with Gasteiger partial charge in [-0.25, -0.2) is 14.0 Å². The highest BCUT2D eigenvalue weighted by Crippen LogP contribution is 2.21. The number of aryl methyl sites for hydroxylation is 1. The van der Waals surface area contributed by atoms with E-state index in [9.17, 15) is 14.4 Å². The summed E-state index contributed by atoms with van der Waals surface area (Å²) in [7, 11) is 3.18. The fraction of sp³-hybridized carbons (Fsp3) is 0.391. The fourth-order valence-corrected chi connectivity index (χ4v) is 3.30. The van der Waals surface area contributed by atoms with Crippen molar-refractivity contribution in [2.75, 3.05) is 57.5 Å². The van der Waals surface area contributed by atoms with Crippen LogP contribution < -0.4 is 10.6 Å². The van der Waals surface area contributed by atoms with Crippen molar-refractivity contribution in [3.8, 4) is 0 Å². The van der Waals surface area contributed by atoms with Crippen LogP contribution in [0.2, 0.25) is 0 Å². The molecule has 182 valence electrons. The van der Waals surface area contributed by atoms with E-state index < -0.39 is 17.9 Å². The third-order valence-electron chi connectivity index (χ3n) is 5.34. The number of amides is 4. The molecule has 1 fully saturated rings. The molecule has 34 heavy (non-hydrogen) atoms. The molecule has 0 bridgehead atoms. The molecule has 1 aromatic heterocycles. The van der Waals surface area contributed by atoms with Gasteiger partial charge in [0.05, 0.1) is 17.6 Å². The molecule has 3 rings (SSSR count). The minimum atomic E-state index is -0.568. The Morgan fingerprint density at radius 2 is 1.82 bits per heavy atom. The smallest absolute Gasteiger partial charge is 0.410 e. The number of urea groups is 1. The van der Waals surface area contributed by atoms with Crippen LogP contribution in [0.15, 0.2) is 36.5 Å². The van der Waals surface area contributed by atoms with Crippen LogP contribution in [0.4, 0.5) is 25.4 Å². The van der Waals surface area contributed by atoms with Crippen LogP contribution in [0.1, 0.15) is 11.3 Å². The molecule has 11 heteroatoms. The quantitative estimate of drug-likeness (QED) is 0.669. The largest absolute Gasteiger partial charge is 0.439 e. The fourth-order valence-electron chi connectivity index (χ4n) is 3.30. The van der Waals surface area contributed by atoms with Crippen LogP contribution in [0.3, 0.4) is 0 Å². The van der Waals surface area contributed by atoms with Gasteiger partial charge >= 0.3 is 12.1 Å². The van der Waals surface area contributed by atoms with Crippen molar-refractivity contribution >= 4 is 29.4 Å². The molecular formula is C23H29FN6O4. The first-order valence-corrected chi connectivity index (χ1v) is 10.8. The summed E-state index contributed by atoms with van der Waals surface area (Å²) >= 11 is 0. The van der Waals surface area contributed by atoms with E-state index in [1.54, 1.807) is 38.4 Å². The van der Waals surface area contributed by atoms with E-state index in [2.05, 4.69) is 15.6 Å². The number of benzene rings is 1. The lowest BCUT2D eigenvalue weighted by Gasteiger charge is -2.34. The normalized spacial score (nSPS) is 13.8. The Kier molecular flexibility index (Phi) is 8.36. The molecule has 0 aliphatic carbocycles. The van der Waals surface area contributed by atoms with Gasteiger partial charge in [0.1, 0.15) is 0 Å². The Morgan fingerprint density at radius 1 is 1.09 bits per heavy atom. The number of halogens is 1. The van der Waals surface area contributed by atoms with Gasteiger partial charge in [0.2, 0.25) is 0 Å². The highest BCUT2D eigenvalue weighted by Gasteiger charge is 2.24. The van der Waals surface area contributed by atoms with Crippen LogP contribution in [0, 0.1) is 12.7 Å². The molecule has 1 aliphatic heterocycles. The van der Waals surface area contributed by atoms with Gasteiger partial charge in [-0.2, -0.15) is 0 Å². The molecule has 10 nitrogen and oxygen atoms in total. The summed E-state index contributed by atoms with van der Waals surface area (Å²) in [6.45, 7) is 3.72. The Labute approximate surface area is 197 Å². The molecule has 0 saturated carbocycles. The first-order chi connectivity index (χ1) is 16.2. The second-order valence-corrected chi connectivity index (χ2v) is 8.15. The lowest BCUT2D eigenvalue weighted by molar-refractivity contribution is -0.132. The number of nitrogens with zero attached hydrogens (tertiary/aromatic N) is 4. The Hall–Kier alpha value is -3.73. The van der Waals surface area contributed by atoms with Gasteiger partial charge in [0.25, 0.3) is 5.91 Å². The van der Waals surface area contributed by atoms with Crippen molar-refractivity contribution in [1.29, 1.82) is 0 Å². The summed E-state index contributed by atoms with van der Waals surface area (Å²) in [6, 6.07) is 7.74. The van der Waals surface area contributed by atoms with Gasteiger partial charge in [-0.1, -0.05) is 12.1 Å². The Morgan fingerprint density at radius 3 is 2.47 bits per heavy atom. The van der Waals surface area contributed by atoms with Gasteiger partial charge in [-0.15, -0.1) is 0 Å². The summed E-state index contributed by atoms with van der Waals surface area (Å²) in [5, 5.41) is 5.15. The van der Waals surface area contributed by atoms with Gasteiger partial charge in [-0.3, -0.25) is 14.7 Å². The molecule has 0 radical (unpaired) electrons. The van der Waals surface area contributed by atoms with E-state index >= 15 is 4.39 Å². The predicted molar refractivity (Wildman–Crippen MR) is 125 cm³/mol. The minimum absolute atomic E-state index is 0.0721. The maximum absolute atomic E-state index is 15.0. The first-order valence-electron chi connectivity index (χ1n) is 10.8. The minimum Gasteiger partial charge on any atom is -0.439 e. The second-order valence-electron chi connectivity index (χ2n) is 8.15. The average Bonchev–Trinajstić information content (AvgIpc) is 2.81. The number of hydrogen-bond donors (Lipinski definition) is 2. The van der Waals surface area contributed by atoms with Gasteiger partial charge in [-0.05, 0) is 25.1 Å². The second kappa shape index (κ2) is 11.4. The van der Waals surface area contributed by atoms with Crippen LogP contribution in [-0.4, -0.2) is 84.6 Å². The lowest BCUT2D eigenvalue weighted by atomic mass is 10.1. The van der Waals surface area contributed by atoms with E-state index in [1.807, 2.05) is 11.8 Å². The molecule has 0 spiro atoms. The molecular weight excluding hydrogens is 443 g/mol. The first kappa shape index (κ1) is 24.9. The third-order valence-corrected chi connectivity index (χ3v) is 5.34. The zero-order valence-corrected chi connectivity index (χ0v) is 19.5. The van der Waals surface area contributed by atoms with Crippen LogP contribution in [0.5, 0.6) is 0 Å². The third kappa shape index (κ3) is 6.88. The number of anilines is 2. The lowest BCUT2D eigenvalue weighted by Crippen LogP contribution is -2.49. The highest BCUT2D eigenvalue weighted by molar-refractivity contribution is 5.99.